The second-order valence-corrected chi connectivity index (χ2v) is 16.6. The number of H-pyrrole nitrogens is 2. The monoisotopic (exact) mass is 798 g/mol. The molecule has 306 valence electrons. The van der Waals surface area contributed by atoms with Gasteiger partial charge in [0.05, 0.1) is 49.2 Å². The van der Waals surface area contributed by atoms with E-state index >= 15 is 0 Å². The highest BCUT2D eigenvalue weighted by Gasteiger charge is 2.50. The fourth-order valence-corrected chi connectivity index (χ4v) is 9.95. The van der Waals surface area contributed by atoms with Crippen molar-refractivity contribution in [2.75, 3.05) is 27.3 Å². The molecule has 4 heterocycles. The third kappa shape index (κ3) is 7.08. The van der Waals surface area contributed by atoms with Gasteiger partial charge in [0.15, 0.2) is 0 Å². The Bertz CT molecular complexity index is 2460. The topological polar surface area (TPSA) is 175 Å². The van der Waals surface area contributed by atoms with Crippen molar-refractivity contribution < 1.29 is 28.7 Å². The first kappa shape index (κ1) is 38.3. The smallest absolute Gasteiger partial charge is 0.407 e. The number of piperidine rings is 1. The molecule has 5 unspecified atom stereocenters. The SMILES string of the molecule is COC(=O)NCC(=O)N1C2CCC(C2)C1c1nc2ccc(-c3ccc4c(c3)CCc3cc(-c5cnc(C6CCCN6C(=O)C(NC(=O)OC)C(C)C)[nH]5)ccc3-4)cc2[nH]1. The molecule has 14 heteroatoms. The Labute approximate surface area is 342 Å². The number of carbonyl (C=O) groups is 4. The van der Waals surface area contributed by atoms with E-state index in [0.717, 1.165) is 90.0 Å². The van der Waals surface area contributed by atoms with Crippen LogP contribution in [0.25, 0.3) is 44.5 Å². The van der Waals surface area contributed by atoms with Gasteiger partial charge in [0.2, 0.25) is 11.8 Å². The summed E-state index contributed by atoms with van der Waals surface area (Å²) in [5.41, 5.74) is 11.0. The Balaban J connectivity index is 0.912. The van der Waals surface area contributed by atoms with E-state index < -0.39 is 18.2 Å². The van der Waals surface area contributed by atoms with Gasteiger partial charge in [-0.3, -0.25) is 9.59 Å². The Morgan fingerprint density at radius 3 is 2.31 bits per heavy atom. The van der Waals surface area contributed by atoms with Crippen molar-refractivity contribution in [2.24, 2.45) is 11.8 Å². The number of ether oxygens (including phenoxy) is 2. The van der Waals surface area contributed by atoms with E-state index in [4.69, 9.17) is 14.7 Å². The van der Waals surface area contributed by atoms with Gasteiger partial charge in [-0.15, -0.1) is 0 Å². The molecule has 4 N–H and O–H groups in total. The number of imidazole rings is 2. The minimum atomic E-state index is -0.682. The standard InChI is InChI=1S/C45H50N8O6/c1-24(2)39(51-45(57)59-4)43(55)52-17-5-6-37(52)41-46-22-36(50-41)29-11-15-33-28(19-29)8-7-27-18-25(10-14-32(27)33)26-12-16-34-35(21-26)49-42(48-34)40-30-9-13-31(20-30)53(40)38(54)23-47-44(56)58-3/h10-12,14-16,18-19,21-22,24,30-31,37,39-40H,5-9,13,17,20,23H2,1-4H3,(H,46,50)(H,47,56)(H,48,49)(H,51,57). The summed E-state index contributed by atoms with van der Waals surface area (Å²) in [4.78, 5) is 71.2. The van der Waals surface area contributed by atoms with Crippen molar-refractivity contribution >= 4 is 35.0 Å². The average Bonchev–Trinajstić information content (AvgIpc) is 4.11. The lowest BCUT2D eigenvalue weighted by Gasteiger charge is -2.34. The number of carbonyl (C=O) groups excluding carboxylic acids is 4. The van der Waals surface area contributed by atoms with E-state index in [1.165, 1.54) is 36.5 Å². The van der Waals surface area contributed by atoms with E-state index in [2.05, 4.69) is 73.9 Å². The fraction of sp³-hybridized carbons (Fsp3) is 0.422. The molecule has 14 nitrogen and oxygen atoms in total. The summed E-state index contributed by atoms with van der Waals surface area (Å²) >= 11 is 0. The van der Waals surface area contributed by atoms with Gasteiger partial charge in [0, 0.05) is 12.6 Å². The molecule has 4 aliphatic rings. The molecule has 5 atom stereocenters. The van der Waals surface area contributed by atoms with Crippen LogP contribution >= 0.6 is 0 Å². The number of fused-ring (bicyclic) bond motifs is 6. The van der Waals surface area contributed by atoms with Crippen LogP contribution in [0, 0.1) is 11.8 Å². The number of methoxy groups -OCH3 is 2. The first-order valence-electron chi connectivity index (χ1n) is 20.7. The fourth-order valence-electron chi connectivity index (χ4n) is 9.95. The van der Waals surface area contributed by atoms with Crippen molar-refractivity contribution in [3.63, 3.8) is 0 Å². The van der Waals surface area contributed by atoms with Crippen LogP contribution in [0.2, 0.25) is 0 Å². The predicted molar refractivity (Wildman–Crippen MR) is 221 cm³/mol. The third-order valence-corrected chi connectivity index (χ3v) is 12.9. The minimum absolute atomic E-state index is 0.0996. The highest BCUT2D eigenvalue weighted by molar-refractivity contribution is 5.87. The van der Waals surface area contributed by atoms with Crippen molar-refractivity contribution in [2.45, 2.75) is 83.0 Å². The van der Waals surface area contributed by atoms with Gasteiger partial charge in [-0.05, 0) is 114 Å². The Morgan fingerprint density at radius 1 is 0.847 bits per heavy atom. The molecule has 2 saturated heterocycles. The molecule has 0 radical (unpaired) electrons. The number of hydrogen-bond acceptors (Lipinski definition) is 8. The predicted octanol–water partition coefficient (Wildman–Crippen LogP) is 6.84. The maximum Gasteiger partial charge on any atom is 0.407 e. The van der Waals surface area contributed by atoms with Gasteiger partial charge in [-0.1, -0.05) is 50.2 Å². The van der Waals surface area contributed by atoms with Crippen LogP contribution in [0.1, 0.15) is 80.8 Å². The van der Waals surface area contributed by atoms with Gasteiger partial charge < -0.3 is 39.9 Å². The molecule has 2 bridgehead atoms. The van der Waals surface area contributed by atoms with Crippen LogP contribution in [-0.2, 0) is 31.9 Å². The normalized spacial score (nSPS) is 21.0. The number of hydrogen-bond donors (Lipinski definition) is 4. The molecule has 3 fully saturated rings. The van der Waals surface area contributed by atoms with Gasteiger partial charge >= 0.3 is 12.2 Å². The highest BCUT2D eigenvalue weighted by Crippen LogP contribution is 2.50. The van der Waals surface area contributed by atoms with Crippen LogP contribution in [-0.4, -0.2) is 93.1 Å². The number of nitrogens with zero attached hydrogens (tertiary/aromatic N) is 4. The first-order chi connectivity index (χ1) is 28.6. The summed E-state index contributed by atoms with van der Waals surface area (Å²) in [5.74, 6) is 1.53. The molecule has 59 heavy (non-hydrogen) atoms. The second kappa shape index (κ2) is 15.5. The molecular formula is C45H50N8O6. The quantitative estimate of drug-likeness (QED) is 0.125. The zero-order chi connectivity index (χ0) is 40.9. The Kier molecular flexibility index (Phi) is 10.1. The van der Waals surface area contributed by atoms with E-state index in [1.54, 1.807) is 0 Å². The zero-order valence-corrected chi connectivity index (χ0v) is 33.8. The van der Waals surface area contributed by atoms with E-state index in [9.17, 15) is 19.2 Å². The summed E-state index contributed by atoms with van der Waals surface area (Å²) in [6, 6.07) is 18.7. The largest absolute Gasteiger partial charge is 0.453 e. The first-order valence-corrected chi connectivity index (χ1v) is 20.7. The maximum atomic E-state index is 13.6. The maximum absolute atomic E-state index is 13.6. The van der Waals surface area contributed by atoms with Gasteiger partial charge in [0.25, 0.3) is 0 Å². The molecule has 9 rings (SSSR count). The van der Waals surface area contributed by atoms with Crippen LogP contribution < -0.4 is 10.6 Å². The zero-order valence-electron chi connectivity index (χ0n) is 33.8. The number of benzene rings is 3. The molecule has 5 aromatic rings. The van der Waals surface area contributed by atoms with Crippen molar-refractivity contribution in [1.29, 1.82) is 0 Å². The lowest BCUT2D eigenvalue weighted by molar-refractivity contribution is -0.136. The Morgan fingerprint density at radius 2 is 1.56 bits per heavy atom. The molecule has 2 aliphatic carbocycles. The Hall–Kier alpha value is -6.18. The number of rotatable bonds is 9. The molecule has 2 aliphatic heterocycles. The van der Waals surface area contributed by atoms with Crippen LogP contribution in [0.3, 0.4) is 0 Å². The summed E-state index contributed by atoms with van der Waals surface area (Å²) in [5, 5.41) is 5.26. The minimum Gasteiger partial charge on any atom is -0.453 e. The number of nitrogens with one attached hydrogen (secondary N) is 4. The average molecular weight is 799 g/mol. The summed E-state index contributed by atoms with van der Waals surface area (Å²) in [7, 11) is 2.59. The summed E-state index contributed by atoms with van der Waals surface area (Å²) in [6.07, 6.45) is 7.06. The van der Waals surface area contributed by atoms with Crippen molar-refractivity contribution in [3.8, 4) is 33.5 Å². The van der Waals surface area contributed by atoms with Gasteiger partial charge in [-0.25, -0.2) is 19.6 Å². The number of likely N-dealkylation sites (tertiary alicyclic amines) is 2. The number of amides is 4. The van der Waals surface area contributed by atoms with Gasteiger partial charge in [0.1, 0.15) is 24.2 Å². The summed E-state index contributed by atoms with van der Waals surface area (Å²) < 4.78 is 9.45. The third-order valence-electron chi connectivity index (χ3n) is 12.9. The number of aromatic amines is 2. The molecule has 4 amide bonds. The molecule has 2 aromatic heterocycles. The second-order valence-electron chi connectivity index (χ2n) is 16.6. The van der Waals surface area contributed by atoms with E-state index in [0.29, 0.717) is 12.5 Å². The van der Waals surface area contributed by atoms with E-state index in [-0.39, 0.29) is 42.4 Å². The van der Waals surface area contributed by atoms with Crippen molar-refractivity contribution in [1.82, 2.24) is 40.4 Å². The van der Waals surface area contributed by atoms with E-state index in [1.807, 2.05) is 35.9 Å². The lowest BCUT2D eigenvalue weighted by Crippen LogP contribution is -2.51. The molecule has 0 spiro atoms. The molecular weight excluding hydrogens is 749 g/mol. The highest BCUT2D eigenvalue weighted by atomic mass is 16.5. The van der Waals surface area contributed by atoms with Crippen LogP contribution in [0.4, 0.5) is 9.59 Å². The molecule has 1 saturated carbocycles. The number of alkyl carbamates (subject to hydrolysis) is 2. The number of aryl methyl sites for hydroxylation is 2. The van der Waals surface area contributed by atoms with Crippen LogP contribution in [0.15, 0.2) is 60.8 Å². The summed E-state index contributed by atoms with van der Waals surface area (Å²) in [6.45, 7) is 4.33. The number of aromatic nitrogens is 4. The molecule has 3 aromatic carbocycles. The van der Waals surface area contributed by atoms with Gasteiger partial charge in [-0.2, -0.15) is 0 Å². The van der Waals surface area contributed by atoms with Crippen LogP contribution in [0.5, 0.6) is 0 Å². The van der Waals surface area contributed by atoms with Crippen molar-refractivity contribution in [3.05, 3.63) is 83.6 Å². The lowest BCUT2D eigenvalue weighted by atomic mass is 9.83.